The van der Waals surface area contributed by atoms with E-state index >= 15 is 0 Å². The predicted molar refractivity (Wildman–Crippen MR) is 78.7 cm³/mol. The molecule has 0 fully saturated rings. The van der Waals surface area contributed by atoms with Crippen molar-refractivity contribution >= 4 is 11.0 Å². The van der Waals surface area contributed by atoms with Gasteiger partial charge in [0.05, 0.1) is 7.11 Å². The fraction of sp³-hybridized carbons (Fsp3) is 0.200. The molecule has 3 aromatic rings. The molecule has 0 amide bonds. The van der Waals surface area contributed by atoms with Crippen LogP contribution in [0.4, 0.5) is 0 Å². The summed E-state index contributed by atoms with van der Waals surface area (Å²) >= 11 is 0. The molecule has 0 bridgehead atoms. The van der Waals surface area contributed by atoms with E-state index in [0.717, 1.165) is 11.0 Å². The third kappa shape index (κ3) is 2.46. The molecule has 1 unspecified atom stereocenters. The fourth-order valence-electron chi connectivity index (χ4n) is 2.31. The average molecular weight is 284 g/mol. The molecule has 0 saturated carbocycles. The summed E-state index contributed by atoms with van der Waals surface area (Å²) in [5.41, 5.74) is 5.27. The molecule has 0 radical (unpaired) electrons. The van der Waals surface area contributed by atoms with E-state index in [4.69, 9.17) is 15.0 Å². The number of methoxy groups -OCH3 is 1. The minimum atomic E-state index is -0.429. The number of benzene rings is 1. The molecule has 3 rings (SSSR count). The lowest BCUT2D eigenvalue weighted by molar-refractivity contribution is 0.375. The van der Waals surface area contributed by atoms with Crippen molar-refractivity contribution in [3.63, 3.8) is 0 Å². The maximum atomic E-state index is 5.86. The van der Waals surface area contributed by atoms with E-state index in [1.54, 1.807) is 19.5 Å². The summed E-state index contributed by atoms with van der Waals surface area (Å²) in [4.78, 5) is 8.43. The van der Waals surface area contributed by atoms with E-state index in [2.05, 4.69) is 21.5 Å². The smallest absolute Gasteiger partial charge is 0.237 e. The molecule has 21 heavy (non-hydrogen) atoms. The van der Waals surface area contributed by atoms with Gasteiger partial charge in [-0.3, -0.25) is 10.8 Å². The van der Waals surface area contributed by atoms with Crippen LogP contribution in [0.15, 0.2) is 41.1 Å². The van der Waals surface area contributed by atoms with Crippen molar-refractivity contribution < 1.29 is 9.15 Å². The Morgan fingerprint density at radius 1 is 1.24 bits per heavy atom. The zero-order valence-corrected chi connectivity index (χ0v) is 11.8. The van der Waals surface area contributed by atoms with Crippen LogP contribution in [0.3, 0.4) is 0 Å². The van der Waals surface area contributed by atoms with Crippen LogP contribution in [0.1, 0.15) is 23.1 Å². The Morgan fingerprint density at radius 3 is 2.81 bits per heavy atom. The molecule has 0 aliphatic rings. The number of nitrogens with zero attached hydrogens (tertiary/aromatic N) is 2. The Labute approximate surface area is 121 Å². The van der Waals surface area contributed by atoms with Crippen molar-refractivity contribution in [2.24, 2.45) is 5.84 Å². The molecule has 2 aromatic heterocycles. The molecule has 3 N–H and O–H groups in total. The molecular formula is C15H16N4O2. The number of aromatic nitrogens is 2. The lowest BCUT2D eigenvalue weighted by Crippen LogP contribution is -2.29. The highest BCUT2D eigenvalue weighted by Gasteiger charge is 2.23. The zero-order valence-electron chi connectivity index (χ0n) is 11.8. The summed E-state index contributed by atoms with van der Waals surface area (Å²) in [6, 6.07) is 7.52. The van der Waals surface area contributed by atoms with Crippen molar-refractivity contribution in [3.05, 3.63) is 53.7 Å². The zero-order chi connectivity index (χ0) is 14.8. The van der Waals surface area contributed by atoms with Crippen LogP contribution >= 0.6 is 0 Å². The number of furan rings is 1. The topological polar surface area (TPSA) is 86.2 Å². The first-order valence-electron chi connectivity index (χ1n) is 6.54. The molecule has 0 aliphatic heterocycles. The molecule has 0 aliphatic carbocycles. The SMILES string of the molecule is COc1nccnc1C(NN)c1cc2cc(C)ccc2o1. The molecular weight excluding hydrogens is 268 g/mol. The van der Waals surface area contributed by atoms with Gasteiger partial charge in [0.15, 0.2) is 0 Å². The maximum Gasteiger partial charge on any atom is 0.237 e. The van der Waals surface area contributed by atoms with Crippen LogP contribution in [0, 0.1) is 6.92 Å². The van der Waals surface area contributed by atoms with Gasteiger partial charge in [0.2, 0.25) is 5.88 Å². The molecule has 6 heteroatoms. The van der Waals surface area contributed by atoms with Crippen LogP contribution in [-0.2, 0) is 0 Å². The number of rotatable bonds is 4. The maximum absolute atomic E-state index is 5.86. The molecule has 6 nitrogen and oxygen atoms in total. The summed E-state index contributed by atoms with van der Waals surface area (Å²) in [5.74, 6) is 6.76. The van der Waals surface area contributed by atoms with Crippen LogP contribution in [0.25, 0.3) is 11.0 Å². The predicted octanol–water partition coefficient (Wildman–Crippen LogP) is 2.09. The van der Waals surface area contributed by atoms with Gasteiger partial charge in [-0.2, -0.15) is 0 Å². The second-order valence-electron chi connectivity index (χ2n) is 4.74. The molecule has 1 atom stereocenters. The first kappa shape index (κ1) is 13.5. The highest BCUT2D eigenvalue weighted by atomic mass is 16.5. The van der Waals surface area contributed by atoms with Crippen LogP contribution < -0.4 is 16.0 Å². The van der Waals surface area contributed by atoms with Gasteiger partial charge >= 0.3 is 0 Å². The highest BCUT2D eigenvalue weighted by Crippen LogP contribution is 2.30. The summed E-state index contributed by atoms with van der Waals surface area (Å²) in [6.45, 7) is 2.04. The van der Waals surface area contributed by atoms with E-state index in [0.29, 0.717) is 17.3 Å². The number of ether oxygens (including phenoxy) is 1. The normalized spacial score (nSPS) is 12.5. The number of hydrazine groups is 1. The van der Waals surface area contributed by atoms with E-state index in [-0.39, 0.29) is 0 Å². The monoisotopic (exact) mass is 284 g/mol. The van der Waals surface area contributed by atoms with Crippen molar-refractivity contribution in [1.29, 1.82) is 0 Å². The van der Waals surface area contributed by atoms with Gasteiger partial charge in [-0.15, -0.1) is 0 Å². The van der Waals surface area contributed by atoms with Gasteiger partial charge in [-0.25, -0.2) is 10.4 Å². The molecule has 108 valence electrons. The van der Waals surface area contributed by atoms with Crippen molar-refractivity contribution in [1.82, 2.24) is 15.4 Å². The largest absolute Gasteiger partial charge is 0.480 e. The number of fused-ring (bicyclic) bond motifs is 1. The lowest BCUT2D eigenvalue weighted by atomic mass is 10.1. The number of hydrogen-bond acceptors (Lipinski definition) is 6. The summed E-state index contributed by atoms with van der Waals surface area (Å²) in [7, 11) is 1.54. The summed E-state index contributed by atoms with van der Waals surface area (Å²) in [6.07, 6.45) is 3.16. The van der Waals surface area contributed by atoms with Gasteiger partial charge < -0.3 is 9.15 Å². The fourth-order valence-corrected chi connectivity index (χ4v) is 2.31. The highest BCUT2D eigenvalue weighted by molar-refractivity contribution is 5.78. The van der Waals surface area contributed by atoms with E-state index in [1.807, 2.05) is 25.1 Å². The van der Waals surface area contributed by atoms with E-state index in [9.17, 15) is 0 Å². The molecule has 1 aromatic carbocycles. The third-order valence-electron chi connectivity index (χ3n) is 3.30. The van der Waals surface area contributed by atoms with Crippen LogP contribution in [0.2, 0.25) is 0 Å². The number of aryl methyl sites for hydroxylation is 1. The van der Waals surface area contributed by atoms with Crippen LogP contribution in [-0.4, -0.2) is 17.1 Å². The standard InChI is InChI=1S/C15H16N4O2/c1-9-3-4-11-10(7-9)8-12(21-11)13(19-16)14-15(20-2)18-6-5-17-14/h3-8,13,19H,16H2,1-2H3. The van der Waals surface area contributed by atoms with Crippen molar-refractivity contribution in [3.8, 4) is 5.88 Å². The van der Waals surface area contributed by atoms with Gasteiger partial charge in [-0.05, 0) is 25.1 Å². The average Bonchev–Trinajstić information content (AvgIpc) is 2.91. The number of nitrogens with two attached hydrogens (primary N) is 1. The molecule has 0 saturated heterocycles. The third-order valence-corrected chi connectivity index (χ3v) is 3.30. The minimum Gasteiger partial charge on any atom is -0.480 e. The van der Waals surface area contributed by atoms with Gasteiger partial charge in [-0.1, -0.05) is 11.6 Å². The molecule has 0 spiro atoms. The van der Waals surface area contributed by atoms with Crippen molar-refractivity contribution in [2.75, 3.05) is 7.11 Å². The number of hydrogen-bond donors (Lipinski definition) is 2. The Balaban J connectivity index is 2.09. The van der Waals surface area contributed by atoms with Crippen LogP contribution in [0.5, 0.6) is 5.88 Å². The lowest BCUT2D eigenvalue weighted by Gasteiger charge is -2.14. The van der Waals surface area contributed by atoms with Crippen molar-refractivity contribution in [2.45, 2.75) is 13.0 Å². The second-order valence-corrected chi connectivity index (χ2v) is 4.74. The van der Waals surface area contributed by atoms with Gasteiger partial charge in [0.1, 0.15) is 23.1 Å². The van der Waals surface area contributed by atoms with Gasteiger partial charge in [0.25, 0.3) is 0 Å². The quantitative estimate of drug-likeness (QED) is 0.563. The Kier molecular flexibility index (Phi) is 3.55. The first-order chi connectivity index (χ1) is 10.2. The first-order valence-corrected chi connectivity index (χ1v) is 6.54. The van der Waals surface area contributed by atoms with Gasteiger partial charge in [0, 0.05) is 17.8 Å². The second kappa shape index (κ2) is 5.51. The Hall–Kier alpha value is -2.44. The van der Waals surface area contributed by atoms with E-state index in [1.165, 1.54) is 5.56 Å². The Bertz CT molecular complexity index is 769. The molecule has 2 heterocycles. The Morgan fingerprint density at radius 2 is 2.05 bits per heavy atom. The summed E-state index contributed by atoms with van der Waals surface area (Å²) < 4.78 is 11.1. The minimum absolute atomic E-state index is 0.414. The number of nitrogens with one attached hydrogen (secondary N) is 1. The van der Waals surface area contributed by atoms with E-state index < -0.39 is 6.04 Å². The summed E-state index contributed by atoms with van der Waals surface area (Å²) in [5, 5.41) is 1.02.